The fourth-order valence-corrected chi connectivity index (χ4v) is 4.67. The SMILES string of the molecule is CCOc1cc(/C=C2/SC(=O)N(CC(=O)Nc3cccc(C)c3)C2=O)cc(I)c1OC. The molecule has 0 aliphatic carbocycles. The van der Waals surface area contributed by atoms with Crippen LogP contribution >= 0.6 is 34.4 Å². The van der Waals surface area contributed by atoms with E-state index in [-0.39, 0.29) is 11.4 Å². The lowest BCUT2D eigenvalue weighted by Crippen LogP contribution is -2.36. The molecule has 0 spiro atoms. The Balaban J connectivity index is 1.76. The zero-order valence-corrected chi connectivity index (χ0v) is 20.2. The number of nitrogens with one attached hydrogen (secondary N) is 1. The van der Waals surface area contributed by atoms with Gasteiger partial charge in [-0.2, -0.15) is 0 Å². The quantitative estimate of drug-likeness (QED) is 0.397. The van der Waals surface area contributed by atoms with Crippen molar-refractivity contribution in [1.82, 2.24) is 4.90 Å². The number of nitrogens with zero attached hydrogens (tertiary/aromatic N) is 1. The number of thioether (sulfide) groups is 1. The average Bonchev–Trinajstić information content (AvgIpc) is 2.95. The van der Waals surface area contributed by atoms with Gasteiger partial charge in [-0.15, -0.1) is 0 Å². The van der Waals surface area contributed by atoms with Gasteiger partial charge in [-0.3, -0.25) is 19.3 Å². The molecule has 0 unspecified atom stereocenters. The van der Waals surface area contributed by atoms with Gasteiger partial charge in [-0.1, -0.05) is 12.1 Å². The molecule has 3 amide bonds. The predicted octanol–water partition coefficient (Wildman–Crippen LogP) is 4.68. The third-order valence-corrected chi connectivity index (χ3v) is 6.02. The lowest BCUT2D eigenvalue weighted by molar-refractivity contribution is -0.127. The summed E-state index contributed by atoms with van der Waals surface area (Å²) in [4.78, 5) is 38.7. The number of halogens is 1. The van der Waals surface area contributed by atoms with E-state index in [9.17, 15) is 14.4 Å². The minimum Gasteiger partial charge on any atom is -0.492 e. The van der Waals surface area contributed by atoms with Gasteiger partial charge in [0.25, 0.3) is 11.1 Å². The second-order valence-corrected chi connectivity index (χ2v) is 8.81. The van der Waals surface area contributed by atoms with Crippen molar-refractivity contribution in [3.63, 3.8) is 0 Å². The van der Waals surface area contributed by atoms with Crippen LogP contribution in [0, 0.1) is 10.5 Å². The molecule has 2 aromatic rings. The molecule has 1 heterocycles. The van der Waals surface area contributed by atoms with Crippen LogP contribution in [0.5, 0.6) is 11.5 Å². The van der Waals surface area contributed by atoms with Gasteiger partial charge < -0.3 is 14.8 Å². The highest BCUT2D eigenvalue weighted by atomic mass is 127. The maximum atomic E-state index is 12.8. The average molecular weight is 552 g/mol. The lowest BCUT2D eigenvalue weighted by atomic mass is 10.2. The van der Waals surface area contributed by atoms with E-state index in [0.29, 0.717) is 29.4 Å². The first kappa shape index (κ1) is 23.1. The second kappa shape index (κ2) is 10.2. The van der Waals surface area contributed by atoms with E-state index in [1.165, 1.54) is 0 Å². The lowest BCUT2D eigenvalue weighted by Gasteiger charge is -2.13. The van der Waals surface area contributed by atoms with Crippen molar-refractivity contribution in [2.75, 3.05) is 25.6 Å². The summed E-state index contributed by atoms with van der Waals surface area (Å²) < 4.78 is 11.8. The molecule has 0 saturated carbocycles. The van der Waals surface area contributed by atoms with Crippen molar-refractivity contribution >= 4 is 63.2 Å². The van der Waals surface area contributed by atoms with Crippen molar-refractivity contribution in [3.05, 3.63) is 56.0 Å². The van der Waals surface area contributed by atoms with Crippen LogP contribution in [0.25, 0.3) is 6.08 Å². The third-order valence-electron chi connectivity index (χ3n) is 4.31. The Hall–Kier alpha value is -2.53. The Morgan fingerprint density at radius 1 is 1.26 bits per heavy atom. The Labute approximate surface area is 198 Å². The summed E-state index contributed by atoms with van der Waals surface area (Å²) in [5.74, 6) is 0.227. The van der Waals surface area contributed by atoms with E-state index in [2.05, 4.69) is 27.9 Å². The monoisotopic (exact) mass is 552 g/mol. The molecule has 0 atom stereocenters. The molecule has 162 valence electrons. The van der Waals surface area contributed by atoms with Crippen LogP contribution in [-0.4, -0.2) is 42.2 Å². The Morgan fingerprint density at radius 2 is 2.03 bits per heavy atom. The van der Waals surface area contributed by atoms with Crippen molar-refractivity contribution in [2.24, 2.45) is 0 Å². The van der Waals surface area contributed by atoms with E-state index >= 15 is 0 Å². The van der Waals surface area contributed by atoms with Gasteiger partial charge in [0.1, 0.15) is 6.54 Å². The number of aryl methyl sites for hydroxylation is 1. The Kier molecular flexibility index (Phi) is 7.60. The largest absolute Gasteiger partial charge is 0.492 e. The smallest absolute Gasteiger partial charge is 0.294 e. The van der Waals surface area contributed by atoms with Gasteiger partial charge in [-0.05, 0) is 89.7 Å². The molecule has 2 aromatic carbocycles. The summed E-state index contributed by atoms with van der Waals surface area (Å²) in [6.45, 7) is 3.89. The number of anilines is 1. The van der Waals surface area contributed by atoms with E-state index in [1.807, 2.05) is 38.1 Å². The minimum atomic E-state index is -0.502. The maximum Gasteiger partial charge on any atom is 0.294 e. The minimum absolute atomic E-state index is 0.247. The molecular formula is C22H21IN2O5S. The highest BCUT2D eigenvalue weighted by molar-refractivity contribution is 14.1. The molecule has 1 aliphatic rings. The van der Waals surface area contributed by atoms with Crippen LogP contribution in [0.15, 0.2) is 41.3 Å². The topological polar surface area (TPSA) is 84.9 Å². The highest BCUT2D eigenvalue weighted by Gasteiger charge is 2.36. The van der Waals surface area contributed by atoms with Gasteiger partial charge >= 0.3 is 0 Å². The first-order valence-corrected chi connectivity index (χ1v) is 11.3. The predicted molar refractivity (Wildman–Crippen MR) is 129 cm³/mol. The number of methoxy groups -OCH3 is 1. The van der Waals surface area contributed by atoms with Crippen LogP contribution in [0.1, 0.15) is 18.1 Å². The number of amides is 3. The molecular weight excluding hydrogens is 531 g/mol. The van der Waals surface area contributed by atoms with Crippen LogP contribution in [0.3, 0.4) is 0 Å². The van der Waals surface area contributed by atoms with Crippen LogP contribution < -0.4 is 14.8 Å². The highest BCUT2D eigenvalue weighted by Crippen LogP contribution is 2.37. The van der Waals surface area contributed by atoms with Gasteiger partial charge in [0, 0.05) is 5.69 Å². The first-order valence-electron chi connectivity index (χ1n) is 9.44. The fraction of sp³-hybridized carbons (Fsp3) is 0.227. The van der Waals surface area contributed by atoms with Crippen LogP contribution in [0.2, 0.25) is 0 Å². The van der Waals surface area contributed by atoms with Gasteiger partial charge in [0.2, 0.25) is 5.91 Å². The molecule has 0 aromatic heterocycles. The number of carbonyl (C=O) groups is 3. The number of carbonyl (C=O) groups excluding carboxylic acids is 3. The van der Waals surface area contributed by atoms with E-state index in [1.54, 1.807) is 25.3 Å². The molecule has 9 heteroatoms. The van der Waals surface area contributed by atoms with Gasteiger partial charge in [0.15, 0.2) is 11.5 Å². The molecule has 31 heavy (non-hydrogen) atoms. The van der Waals surface area contributed by atoms with Crippen molar-refractivity contribution in [2.45, 2.75) is 13.8 Å². The number of imide groups is 1. The molecule has 7 nitrogen and oxygen atoms in total. The number of hydrogen-bond acceptors (Lipinski definition) is 6. The normalized spacial score (nSPS) is 14.8. The molecule has 1 fully saturated rings. The molecule has 1 N–H and O–H groups in total. The zero-order valence-electron chi connectivity index (χ0n) is 17.2. The summed E-state index contributed by atoms with van der Waals surface area (Å²) in [5.41, 5.74) is 2.31. The summed E-state index contributed by atoms with van der Waals surface area (Å²) >= 11 is 2.93. The van der Waals surface area contributed by atoms with Crippen molar-refractivity contribution < 1.29 is 23.9 Å². The summed E-state index contributed by atoms with van der Waals surface area (Å²) in [6, 6.07) is 10.9. The number of benzene rings is 2. The van der Waals surface area contributed by atoms with E-state index in [0.717, 1.165) is 25.8 Å². The van der Waals surface area contributed by atoms with Crippen LogP contribution in [-0.2, 0) is 9.59 Å². The molecule has 3 rings (SSSR count). The summed E-state index contributed by atoms with van der Waals surface area (Å²) in [5, 5.41) is 2.23. The Morgan fingerprint density at radius 3 is 2.71 bits per heavy atom. The number of rotatable bonds is 7. The molecule has 0 bridgehead atoms. The van der Waals surface area contributed by atoms with E-state index < -0.39 is 17.1 Å². The number of hydrogen-bond donors (Lipinski definition) is 1. The van der Waals surface area contributed by atoms with Crippen LogP contribution in [0.4, 0.5) is 10.5 Å². The zero-order chi connectivity index (χ0) is 22.5. The Bertz CT molecular complexity index is 1070. The molecule has 1 aliphatic heterocycles. The van der Waals surface area contributed by atoms with Crippen molar-refractivity contribution in [1.29, 1.82) is 0 Å². The number of ether oxygens (including phenoxy) is 2. The second-order valence-electron chi connectivity index (χ2n) is 6.65. The molecule has 0 radical (unpaired) electrons. The van der Waals surface area contributed by atoms with Gasteiger partial charge in [0.05, 0.1) is 22.2 Å². The third kappa shape index (κ3) is 5.59. The van der Waals surface area contributed by atoms with Crippen molar-refractivity contribution in [3.8, 4) is 11.5 Å². The first-order chi connectivity index (χ1) is 14.8. The van der Waals surface area contributed by atoms with E-state index in [4.69, 9.17) is 9.47 Å². The fourth-order valence-electron chi connectivity index (χ4n) is 2.99. The summed E-state index contributed by atoms with van der Waals surface area (Å²) in [7, 11) is 1.56. The molecule has 1 saturated heterocycles. The van der Waals surface area contributed by atoms with Gasteiger partial charge in [-0.25, -0.2) is 0 Å². The standard InChI is InChI=1S/C22H21IN2O5S/c1-4-30-17-10-14(9-16(23)20(17)29-3)11-18-21(27)25(22(28)31-18)12-19(26)24-15-7-5-6-13(2)8-15/h5-11H,4,12H2,1-3H3,(H,24,26)/b18-11+. The summed E-state index contributed by atoms with van der Waals surface area (Å²) in [6.07, 6.45) is 1.62. The maximum absolute atomic E-state index is 12.8.